The van der Waals surface area contributed by atoms with Crippen molar-refractivity contribution in [3.05, 3.63) is 101 Å². The number of aryl methyl sites for hydroxylation is 4. The van der Waals surface area contributed by atoms with Crippen molar-refractivity contribution < 1.29 is 0 Å². The first-order chi connectivity index (χ1) is 14.9. The molecule has 1 aromatic heterocycles. The Morgan fingerprint density at radius 2 is 1.55 bits per heavy atom. The van der Waals surface area contributed by atoms with E-state index in [0.29, 0.717) is 0 Å². The first-order valence-electron chi connectivity index (χ1n) is 10.6. The fourth-order valence-corrected chi connectivity index (χ4v) is 4.55. The Morgan fingerprint density at radius 1 is 0.903 bits per heavy atom. The van der Waals surface area contributed by atoms with Gasteiger partial charge in [0.15, 0.2) is 5.11 Å². The van der Waals surface area contributed by atoms with Gasteiger partial charge in [0.25, 0.3) is 0 Å². The van der Waals surface area contributed by atoms with E-state index in [-0.39, 0.29) is 0 Å². The Morgan fingerprint density at radius 3 is 2.26 bits per heavy atom. The Bertz CT molecular complexity index is 1200. The predicted octanol–water partition coefficient (Wildman–Crippen LogP) is 6.50. The number of para-hydroxylation sites is 1. The van der Waals surface area contributed by atoms with Crippen LogP contribution < -0.4 is 5.32 Å². The second-order valence-corrected chi connectivity index (χ2v) is 8.71. The molecule has 0 amide bonds. The molecule has 0 atom stereocenters. The van der Waals surface area contributed by atoms with Crippen LogP contribution in [0.5, 0.6) is 0 Å². The van der Waals surface area contributed by atoms with Gasteiger partial charge >= 0.3 is 0 Å². The number of nitrogens with zero attached hydrogens (tertiary/aromatic N) is 2. The molecule has 0 bridgehead atoms. The molecule has 1 N–H and O–H groups in total. The van der Waals surface area contributed by atoms with Crippen LogP contribution in [0.15, 0.2) is 72.9 Å². The van der Waals surface area contributed by atoms with Gasteiger partial charge in [-0.05, 0) is 61.3 Å². The topological polar surface area (TPSA) is 20.2 Å². The van der Waals surface area contributed by atoms with Gasteiger partial charge in [-0.3, -0.25) is 0 Å². The van der Waals surface area contributed by atoms with Crippen LogP contribution in [0, 0.1) is 20.8 Å². The monoisotopic (exact) mass is 427 g/mol. The molecule has 0 aliphatic heterocycles. The summed E-state index contributed by atoms with van der Waals surface area (Å²) in [4.78, 5) is 2.26. The summed E-state index contributed by atoms with van der Waals surface area (Å²) in [6, 6.07) is 23.5. The van der Waals surface area contributed by atoms with E-state index in [4.69, 9.17) is 12.2 Å². The van der Waals surface area contributed by atoms with Crippen molar-refractivity contribution in [3.63, 3.8) is 0 Å². The normalized spacial score (nSPS) is 11.0. The zero-order valence-corrected chi connectivity index (χ0v) is 19.5. The first-order valence-corrected chi connectivity index (χ1v) is 11.0. The minimum Gasteiger partial charge on any atom is -0.350 e. The van der Waals surface area contributed by atoms with Crippen molar-refractivity contribution in [2.75, 3.05) is 5.32 Å². The number of benzene rings is 3. The lowest BCUT2D eigenvalue weighted by Crippen LogP contribution is -2.34. The molecule has 4 rings (SSSR count). The molecular weight excluding hydrogens is 398 g/mol. The Hall–Kier alpha value is -3.11. The number of nitrogens with one attached hydrogen (secondary N) is 1. The highest BCUT2D eigenvalue weighted by molar-refractivity contribution is 7.80. The quantitative estimate of drug-likeness (QED) is 0.367. The highest BCUT2D eigenvalue weighted by Gasteiger charge is 2.16. The van der Waals surface area contributed by atoms with Crippen LogP contribution in [0.1, 0.15) is 27.8 Å². The summed E-state index contributed by atoms with van der Waals surface area (Å²) in [5.74, 6) is 0. The van der Waals surface area contributed by atoms with Gasteiger partial charge in [0.1, 0.15) is 0 Å². The summed E-state index contributed by atoms with van der Waals surface area (Å²) in [7, 11) is 2.10. The second kappa shape index (κ2) is 8.94. The Balaban J connectivity index is 1.66. The van der Waals surface area contributed by atoms with E-state index in [0.717, 1.165) is 23.9 Å². The SMILES string of the molecule is Cc1cc(C)c(NC(=S)N(Cc2ccccc2)Cc2cn(C)c3ccccc23)c(C)c1. The highest BCUT2D eigenvalue weighted by Crippen LogP contribution is 2.25. The zero-order valence-electron chi connectivity index (χ0n) is 18.6. The molecule has 0 aliphatic carbocycles. The number of rotatable bonds is 5. The van der Waals surface area contributed by atoms with Gasteiger partial charge in [-0.2, -0.15) is 0 Å². The molecule has 0 spiro atoms. The average Bonchev–Trinajstić information content (AvgIpc) is 3.06. The average molecular weight is 428 g/mol. The van der Waals surface area contributed by atoms with E-state index in [1.54, 1.807) is 0 Å². The minimum absolute atomic E-state index is 0.742. The maximum absolute atomic E-state index is 5.95. The van der Waals surface area contributed by atoms with E-state index in [2.05, 4.69) is 109 Å². The van der Waals surface area contributed by atoms with Crippen LogP contribution in [0.25, 0.3) is 10.9 Å². The number of anilines is 1. The molecule has 31 heavy (non-hydrogen) atoms. The molecule has 4 heteroatoms. The van der Waals surface area contributed by atoms with Gasteiger partial charge in [0, 0.05) is 42.9 Å². The fourth-order valence-electron chi connectivity index (χ4n) is 4.32. The number of hydrogen-bond acceptors (Lipinski definition) is 1. The maximum Gasteiger partial charge on any atom is 0.174 e. The van der Waals surface area contributed by atoms with Gasteiger partial charge in [0.2, 0.25) is 0 Å². The third kappa shape index (κ3) is 4.64. The first kappa shape index (κ1) is 21.1. The van der Waals surface area contributed by atoms with Crippen LogP contribution in [0.4, 0.5) is 5.69 Å². The molecule has 3 nitrogen and oxygen atoms in total. The summed E-state index contributed by atoms with van der Waals surface area (Å²) in [5.41, 5.74) is 8.55. The van der Waals surface area contributed by atoms with E-state index < -0.39 is 0 Å². The van der Waals surface area contributed by atoms with Crippen molar-refractivity contribution in [1.29, 1.82) is 0 Å². The van der Waals surface area contributed by atoms with Crippen molar-refractivity contribution in [1.82, 2.24) is 9.47 Å². The molecule has 0 aliphatic rings. The summed E-state index contributed by atoms with van der Waals surface area (Å²) in [6.07, 6.45) is 2.22. The van der Waals surface area contributed by atoms with Crippen LogP contribution in [0.2, 0.25) is 0 Å². The third-order valence-corrected chi connectivity index (χ3v) is 6.11. The molecule has 158 valence electrons. The minimum atomic E-state index is 0.742. The molecule has 0 radical (unpaired) electrons. The zero-order chi connectivity index (χ0) is 22.0. The van der Waals surface area contributed by atoms with E-state index >= 15 is 0 Å². The summed E-state index contributed by atoms with van der Waals surface area (Å²) >= 11 is 5.95. The molecule has 0 unspecified atom stereocenters. The van der Waals surface area contributed by atoms with Crippen LogP contribution >= 0.6 is 12.2 Å². The molecule has 0 saturated heterocycles. The number of fused-ring (bicyclic) bond motifs is 1. The van der Waals surface area contributed by atoms with Crippen molar-refractivity contribution >= 4 is 33.9 Å². The van der Waals surface area contributed by atoms with Gasteiger partial charge in [-0.25, -0.2) is 0 Å². The van der Waals surface area contributed by atoms with Gasteiger partial charge in [-0.15, -0.1) is 0 Å². The molecular formula is C27H29N3S. The lowest BCUT2D eigenvalue weighted by molar-refractivity contribution is 0.414. The second-order valence-electron chi connectivity index (χ2n) is 8.33. The van der Waals surface area contributed by atoms with Crippen LogP contribution in [-0.4, -0.2) is 14.6 Å². The van der Waals surface area contributed by atoms with Crippen molar-refractivity contribution in [3.8, 4) is 0 Å². The molecule has 4 aromatic rings. The largest absolute Gasteiger partial charge is 0.350 e. The third-order valence-electron chi connectivity index (χ3n) is 5.75. The lowest BCUT2D eigenvalue weighted by atomic mass is 10.1. The Labute approximate surface area is 190 Å². The molecule has 3 aromatic carbocycles. The Kier molecular flexibility index (Phi) is 6.10. The van der Waals surface area contributed by atoms with Gasteiger partial charge in [0.05, 0.1) is 0 Å². The van der Waals surface area contributed by atoms with Crippen LogP contribution in [0.3, 0.4) is 0 Å². The van der Waals surface area contributed by atoms with Gasteiger partial charge < -0.3 is 14.8 Å². The molecule has 0 fully saturated rings. The number of hydrogen-bond donors (Lipinski definition) is 1. The van der Waals surface area contributed by atoms with Gasteiger partial charge in [-0.1, -0.05) is 66.2 Å². The summed E-state index contributed by atoms with van der Waals surface area (Å²) in [5, 5.41) is 5.57. The highest BCUT2D eigenvalue weighted by atomic mass is 32.1. The van der Waals surface area contributed by atoms with E-state index in [1.807, 2.05) is 6.07 Å². The molecule has 0 saturated carbocycles. The number of aromatic nitrogens is 1. The maximum atomic E-state index is 5.95. The van der Waals surface area contributed by atoms with Crippen molar-refractivity contribution in [2.24, 2.45) is 7.05 Å². The van der Waals surface area contributed by atoms with Crippen molar-refractivity contribution in [2.45, 2.75) is 33.9 Å². The summed E-state index contributed by atoms with van der Waals surface area (Å²) < 4.78 is 2.19. The summed E-state index contributed by atoms with van der Waals surface area (Å²) in [6.45, 7) is 7.89. The molecule has 1 heterocycles. The van der Waals surface area contributed by atoms with Crippen LogP contribution in [-0.2, 0) is 20.1 Å². The number of thiocarbonyl (C=S) groups is 1. The smallest absolute Gasteiger partial charge is 0.174 e. The lowest BCUT2D eigenvalue weighted by Gasteiger charge is -2.27. The standard InChI is InChI=1S/C27H29N3S/c1-19-14-20(2)26(21(3)15-19)28-27(31)30(16-22-10-6-5-7-11-22)18-23-17-29(4)25-13-9-8-12-24(23)25/h5-15,17H,16,18H2,1-4H3,(H,28,31). The van der Waals surface area contributed by atoms with E-state index in [1.165, 1.54) is 38.7 Å². The van der Waals surface area contributed by atoms with E-state index in [9.17, 15) is 0 Å². The predicted molar refractivity (Wildman–Crippen MR) is 135 cm³/mol. The fraction of sp³-hybridized carbons (Fsp3) is 0.222.